The lowest BCUT2D eigenvalue weighted by Crippen LogP contribution is -2.29. The lowest BCUT2D eigenvalue weighted by molar-refractivity contribution is -0.121. The van der Waals surface area contributed by atoms with Crippen molar-refractivity contribution in [2.24, 2.45) is 5.84 Å². The van der Waals surface area contributed by atoms with E-state index >= 15 is 0 Å². The van der Waals surface area contributed by atoms with Gasteiger partial charge in [-0.2, -0.15) is 12.4 Å². The Kier molecular flexibility index (Phi) is 8.01. The maximum Gasteiger partial charge on any atom is 0.487 e. The molecule has 0 bridgehead atoms. The van der Waals surface area contributed by atoms with Crippen molar-refractivity contribution in [3.8, 4) is 0 Å². The number of amides is 1. The normalized spacial score (nSPS) is 14.1. The van der Waals surface area contributed by atoms with E-state index in [2.05, 4.69) is 8.49 Å². The molecule has 0 saturated heterocycles. The molecular formula is C13H21N2O7PS. The molecule has 1 atom stereocenters. The van der Waals surface area contributed by atoms with Crippen LogP contribution >= 0.6 is 7.82 Å². The molecule has 4 N–H and O–H groups in total. The largest absolute Gasteiger partial charge is 0.487 e. The Morgan fingerprint density at radius 2 is 1.88 bits per heavy atom. The van der Waals surface area contributed by atoms with Gasteiger partial charge < -0.3 is 4.89 Å². The van der Waals surface area contributed by atoms with Crippen LogP contribution in [0.4, 0.5) is 0 Å². The van der Waals surface area contributed by atoms with Gasteiger partial charge in [0.1, 0.15) is 0 Å². The number of carbonyl (C=O) groups excluding carboxylic acids is 1. The smallest absolute Gasteiger partial charge is 0.302 e. The van der Waals surface area contributed by atoms with Gasteiger partial charge >= 0.3 is 17.9 Å². The number of benzene rings is 1. The van der Waals surface area contributed by atoms with Crippen LogP contribution in [0.15, 0.2) is 29.2 Å². The fourth-order valence-electron chi connectivity index (χ4n) is 1.71. The van der Waals surface area contributed by atoms with Crippen molar-refractivity contribution < 1.29 is 31.2 Å². The van der Waals surface area contributed by atoms with Gasteiger partial charge in [0.2, 0.25) is 5.91 Å². The number of aryl methyl sites for hydroxylation is 1. The van der Waals surface area contributed by atoms with Crippen LogP contribution in [0.5, 0.6) is 0 Å². The van der Waals surface area contributed by atoms with Gasteiger partial charge in [0.25, 0.3) is 0 Å². The predicted octanol–water partition coefficient (Wildman–Crippen LogP) is 1.37. The summed E-state index contributed by atoms with van der Waals surface area (Å²) in [4.78, 5) is 20.1. The SMILES string of the molecule is Cc1ccc(S(=O)(=O)OP(=O)(O)OCCCCCC(=O)NN)cc1. The van der Waals surface area contributed by atoms with Crippen molar-refractivity contribution in [1.29, 1.82) is 0 Å². The molecule has 0 aliphatic rings. The van der Waals surface area contributed by atoms with Gasteiger partial charge in [-0.15, -0.1) is 0 Å². The number of hydrogen-bond acceptors (Lipinski definition) is 7. The summed E-state index contributed by atoms with van der Waals surface area (Å²) >= 11 is 0. The summed E-state index contributed by atoms with van der Waals surface area (Å²) in [6.45, 7) is 1.59. The Labute approximate surface area is 140 Å². The van der Waals surface area contributed by atoms with Crippen LogP contribution in [0.25, 0.3) is 0 Å². The molecule has 0 fully saturated rings. The topological polar surface area (TPSA) is 145 Å². The molecule has 1 aromatic carbocycles. The van der Waals surface area contributed by atoms with E-state index in [0.717, 1.165) is 5.56 Å². The molecule has 9 nitrogen and oxygen atoms in total. The van der Waals surface area contributed by atoms with E-state index in [9.17, 15) is 22.7 Å². The summed E-state index contributed by atoms with van der Waals surface area (Å²) in [7, 11) is -9.15. The van der Waals surface area contributed by atoms with Crippen molar-refractivity contribution in [2.45, 2.75) is 37.5 Å². The van der Waals surface area contributed by atoms with Gasteiger partial charge in [0.15, 0.2) is 0 Å². The standard InChI is InChI=1S/C13H21N2O7PS/c1-11-6-8-12(9-7-11)24(19,20)22-23(17,18)21-10-4-2-3-5-13(16)15-14/h6-9H,2-5,10,14H2,1H3,(H,15,16)(H,17,18). The first-order valence-corrected chi connectivity index (χ1v) is 10.1. The van der Waals surface area contributed by atoms with Crippen LogP contribution in [0.1, 0.15) is 31.2 Å². The molecule has 1 unspecified atom stereocenters. The monoisotopic (exact) mass is 380 g/mol. The van der Waals surface area contributed by atoms with Gasteiger partial charge in [-0.05, 0) is 31.9 Å². The quantitative estimate of drug-likeness (QED) is 0.181. The highest BCUT2D eigenvalue weighted by Crippen LogP contribution is 2.46. The fraction of sp³-hybridized carbons (Fsp3) is 0.462. The molecule has 0 spiro atoms. The third-order valence-corrected chi connectivity index (χ3v) is 5.86. The predicted molar refractivity (Wildman–Crippen MR) is 86.0 cm³/mol. The van der Waals surface area contributed by atoms with Crippen LogP contribution in [-0.4, -0.2) is 25.8 Å². The van der Waals surface area contributed by atoms with Crippen LogP contribution in [0.3, 0.4) is 0 Å². The minimum atomic E-state index is -4.75. The second-order valence-electron chi connectivity index (χ2n) is 5.02. The van der Waals surface area contributed by atoms with Gasteiger partial charge in [-0.3, -0.25) is 14.7 Å². The number of phosphoric ester groups is 1. The van der Waals surface area contributed by atoms with E-state index in [1.807, 2.05) is 5.43 Å². The second kappa shape index (κ2) is 9.26. The van der Waals surface area contributed by atoms with E-state index in [4.69, 9.17) is 5.84 Å². The number of nitrogens with one attached hydrogen (secondary N) is 1. The summed E-state index contributed by atoms with van der Waals surface area (Å²) in [5.41, 5.74) is 2.82. The Hall–Kier alpha value is -1.29. The lowest BCUT2D eigenvalue weighted by atomic mass is 10.2. The van der Waals surface area contributed by atoms with Gasteiger partial charge in [-0.25, -0.2) is 10.4 Å². The van der Waals surface area contributed by atoms with Gasteiger partial charge in [-0.1, -0.05) is 24.1 Å². The molecule has 11 heteroatoms. The molecule has 0 aliphatic heterocycles. The Morgan fingerprint density at radius 3 is 2.46 bits per heavy atom. The van der Waals surface area contributed by atoms with Crippen LogP contribution in [0, 0.1) is 6.92 Å². The summed E-state index contributed by atoms with van der Waals surface area (Å²) in [6.07, 6.45) is 1.64. The third kappa shape index (κ3) is 7.52. The first-order valence-electron chi connectivity index (χ1n) is 7.16. The number of nitrogens with two attached hydrogens (primary N) is 1. The molecule has 1 rings (SSSR count). The van der Waals surface area contributed by atoms with Crippen molar-refractivity contribution >= 4 is 23.8 Å². The van der Waals surface area contributed by atoms with Crippen molar-refractivity contribution in [1.82, 2.24) is 5.43 Å². The van der Waals surface area contributed by atoms with Gasteiger partial charge in [0.05, 0.1) is 11.5 Å². The molecule has 24 heavy (non-hydrogen) atoms. The van der Waals surface area contributed by atoms with Crippen molar-refractivity contribution in [3.05, 3.63) is 29.8 Å². The highest BCUT2D eigenvalue weighted by Gasteiger charge is 2.31. The number of hydrazine groups is 1. The average molecular weight is 380 g/mol. The zero-order valence-corrected chi connectivity index (χ0v) is 14.9. The lowest BCUT2D eigenvalue weighted by Gasteiger charge is -2.12. The summed E-state index contributed by atoms with van der Waals surface area (Å²) in [5.74, 6) is 4.61. The zero-order chi connectivity index (χ0) is 18.2. The van der Waals surface area contributed by atoms with E-state index in [1.54, 1.807) is 6.92 Å². The van der Waals surface area contributed by atoms with Crippen LogP contribution in [0.2, 0.25) is 0 Å². The third-order valence-electron chi connectivity index (χ3n) is 2.97. The van der Waals surface area contributed by atoms with E-state index < -0.39 is 17.9 Å². The Morgan fingerprint density at radius 1 is 1.25 bits per heavy atom. The molecule has 1 amide bonds. The summed E-state index contributed by atoms with van der Waals surface area (Å²) in [5, 5.41) is 0. The Balaban J connectivity index is 2.44. The van der Waals surface area contributed by atoms with Crippen molar-refractivity contribution in [2.75, 3.05) is 6.61 Å². The number of phosphoric acid groups is 1. The minimum Gasteiger partial charge on any atom is -0.302 e. The molecule has 0 heterocycles. The highest BCUT2D eigenvalue weighted by molar-refractivity contribution is 7.90. The van der Waals surface area contributed by atoms with Gasteiger partial charge in [0, 0.05) is 6.42 Å². The number of rotatable bonds is 10. The minimum absolute atomic E-state index is 0.179. The molecule has 1 aromatic rings. The number of hydrogen-bond donors (Lipinski definition) is 3. The first-order chi connectivity index (χ1) is 11.2. The number of carbonyl (C=O) groups is 1. The van der Waals surface area contributed by atoms with Crippen molar-refractivity contribution in [3.63, 3.8) is 0 Å². The maximum absolute atomic E-state index is 11.9. The number of unbranched alkanes of at least 4 members (excludes halogenated alkanes) is 2. The summed E-state index contributed by atoms with van der Waals surface area (Å²) < 4.78 is 44.5. The summed E-state index contributed by atoms with van der Waals surface area (Å²) in [6, 6.07) is 5.62. The van der Waals surface area contributed by atoms with E-state index in [-0.39, 0.29) is 23.8 Å². The molecule has 0 aliphatic carbocycles. The molecule has 0 radical (unpaired) electrons. The average Bonchev–Trinajstić information content (AvgIpc) is 2.49. The zero-order valence-electron chi connectivity index (χ0n) is 13.2. The maximum atomic E-state index is 11.9. The van der Waals surface area contributed by atoms with E-state index in [0.29, 0.717) is 19.3 Å². The molecule has 0 saturated carbocycles. The highest BCUT2D eigenvalue weighted by atomic mass is 32.2. The fourth-order valence-corrected chi connectivity index (χ4v) is 4.05. The second-order valence-corrected chi connectivity index (χ2v) is 8.19. The molecule has 136 valence electrons. The molecular weight excluding hydrogens is 359 g/mol. The van der Waals surface area contributed by atoms with Crippen LogP contribution < -0.4 is 11.3 Å². The Bertz CT molecular complexity index is 691. The van der Waals surface area contributed by atoms with E-state index in [1.165, 1.54) is 24.3 Å². The van der Waals surface area contributed by atoms with Crippen LogP contribution in [-0.2, 0) is 28.0 Å². The first kappa shape index (κ1) is 20.8. The molecule has 0 aromatic heterocycles.